The van der Waals surface area contributed by atoms with Crippen LogP contribution in [0.15, 0.2) is 36.4 Å². The van der Waals surface area contributed by atoms with Crippen molar-refractivity contribution in [1.82, 2.24) is 0 Å². The number of halogens is 1. The minimum atomic E-state index is 0.134. The SMILES string of the molecule is O=C(/C=C/c1ccccc1)CCCCl. The van der Waals surface area contributed by atoms with Gasteiger partial charge < -0.3 is 0 Å². The van der Waals surface area contributed by atoms with Crippen LogP contribution in [0.3, 0.4) is 0 Å². The Hall–Kier alpha value is -1.08. The monoisotopic (exact) mass is 208 g/mol. The van der Waals surface area contributed by atoms with E-state index in [-0.39, 0.29) is 5.78 Å². The normalized spacial score (nSPS) is 10.6. The summed E-state index contributed by atoms with van der Waals surface area (Å²) in [4.78, 5) is 11.2. The molecule has 0 aliphatic carbocycles. The van der Waals surface area contributed by atoms with Crippen LogP contribution in [0.1, 0.15) is 18.4 Å². The van der Waals surface area contributed by atoms with Gasteiger partial charge in [0, 0.05) is 12.3 Å². The zero-order valence-electron chi connectivity index (χ0n) is 7.95. The van der Waals surface area contributed by atoms with Gasteiger partial charge in [-0.3, -0.25) is 4.79 Å². The van der Waals surface area contributed by atoms with Gasteiger partial charge in [-0.15, -0.1) is 11.6 Å². The van der Waals surface area contributed by atoms with Gasteiger partial charge in [-0.2, -0.15) is 0 Å². The first-order chi connectivity index (χ1) is 6.83. The Labute approximate surface area is 89.4 Å². The van der Waals surface area contributed by atoms with E-state index in [0.717, 1.165) is 12.0 Å². The molecule has 0 fully saturated rings. The highest BCUT2D eigenvalue weighted by Crippen LogP contribution is 2.02. The molecule has 0 amide bonds. The quantitative estimate of drug-likeness (QED) is 0.536. The smallest absolute Gasteiger partial charge is 0.155 e. The summed E-state index contributed by atoms with van der Waals surface area (Å²) in [5.74, 6) is 0.680. The predicted molar refractivity (Wildman–Crippen MR) is 60.4 cm³/mol. The summed E-state index contributed by atoms with van der Waals surface area (Å²) >= 11 is 5.49. The lowest BCUT2D eigenvalue weighted by atomic mass is 10.1. The Bertz CT molecular complexity index is 303. The number of alkyl halides is 1. The van der Waals surface area contributed by atoms with E-state index in [1.807, 2.05) is 36.4 Å². The van der Waals surface area contributed by atoms with Gasteiger partial charge in [-0.1, -0.05) is 36.4 Å². The highest BCUT2D eigenvalue weighted by molar-refractivity contribution is 6.18. The van der Waals surface area contributed by atoms with Crippen molar-refractivity contribution in [3.63, 3.8) is 0 Å². The standard InChI is InChI=1S/C12H13ClO/c13-10-4-7-12(14)9-8-11-5-2-1-3-6-11/h1-3,5-6,8-9H,4,7,10H2/b9-8+. The van der Waals surface area contributed by atoms with E-state index in [0.29, 0.717) is 12.3 Å². The minimum Gasteiger partial charge on any atom is -0.295 e. The number of carbonyl (C=O) groups excluding carboxylic acids is 1. The highest BCUT2D eigenvalue weighted by Gasteiger charge is 1.94. The molecule has 0 saturated carbocycles. The molecule has 0 radical (unpaired) electrons. The molecule has 1 rings (SSSR count). The first-order valence-electron chi connectivity index (χ1n) is 4.65. The molecule has 14 heavy (non-hydrogen) atoms. The Morgan fingerprint density at radius 3 is 2.64 bits per heavy atom. The summed E-state index contributed by atoms with van der Waals surface area (Å²) < 4.78 is 0. The van der Waals surface area contributed by atoms with E-state index in [9.17, 15) is 4.79 Å². The second-order valence-corrected chi connectivity index (χ2v) is 3.38. The molecule has 2 heteroatoms. The Balaban J connectivity index is 2.44. The van der Waals surface area contributed by atoms with Gasteiger partial charge in [-0.05, 0) is 18.1 Å². The number of benzene rings is 1. The van der Waals surface area contributed by atoms with Gasteiger partial charge in [0.15, 0.2) is 5.78 Å². The second-order valence-electron chi connectivity index (χ2n) is 3.00. The molecule has 1 aromatic rings. The van der Waals surface area contributed by atoms with Crippen LogP contribution in [0.25, 0.3) is 6.08 Å². The van der Waals surface area contributed by atoms with Crippen molar-refractivity contribution in [2.45, 2.75) is 12.8 Å². The molecule has 0 atom stereocenters. The lowest BCUT2D eigenvalue weighted by Gasteiger charge is -1.92. The van der Waals surface area contributed by atoms with Crippen LogP contribution in [0.5, 0.6) is 0 Å². The Morgan fingerprint density at radius 2 is 2.00 bits per heavy atom. The number of rotatable bonds is 5. The van der Waals surface area contributed by atoms with Crippen molar-refractivity contribution >= 4 is 23.5 Å². The summed E-state index contributed by atoms with van der Waals surface area (Å²) in [5.41, 5.74) is 1.05. The molecule has 0 aromatic heterocycles. The maximum absolute atomic E-state index is 11.2. The third-order valence-corrected chi connectivity index (χ3v) is 2.09. The van der Waals surface area contributed by atoms with Gasteiger partial charge in [-0.25, -0.2) is 0 Å². The molecule has 0 aliphatic rings. The van der Waals surface area contributed by atoms with Crippen molar-refractivity contribution in [2.75, 3.05) is 5.88 Å². The molecule has 0 aliphatic heterocycles. The molecule has 0 saturated heterocycles. The zero-order valence-corrected chi connectivity index (χ0v) is 8.70. The largest absolute Gasteiger partial charge is 0.295 e. The molecule has 1 aromatic carbocycles. The van der Waals surface area contributed by atoms with Crippen molar-refractivity contribution in [3.8, 4) is 0 Å². The third kappa shape index (κ3) is 4.24. The molecule has 0 unspecified atom stereocenters. The fraction of sp³-hybridized carbons (Fsp3) is 0.250. The summed E-state index contributed by atoms with van der Waals surface area (Å²) in [6.07, 6.45) is 4.73. The van der Waals surface area contributed by atoms with Gasteiger partial charge in [0.05, 0.1) is 0 Å². The molecule has 1 nitrogen and oxygen atoms in total. The van der Waals surface area contributed by atoms with Crippen LogP contribution in [-0.4, -0.2) is 11.7 Å². The first-order valence-corrected chi connectivity index (χ1v) is 5.18. The molecule has 0 heterocycles. The number of hydrogen-bond donors (Lipinski definition) is 0. The van der Waals surface area contributed by atoms with Crippen LogP contribution in [0.2, 0.25) is 0 Å². The number of carbonyl (C=O) groups is 1. The lowest BCUT2D eigenvalue weighted by molar-refractivity contribution is -0.114. The van der Waals surface area contributed by atoms with E-state index >= 15 is 0 Å². The lowest BCUT2D eigenvalue weighted by Crippen LogP contribution is -1.92. The van der Waals surface area contributed by atoms with Crippen LogP contribution in [0, 0.1) is 0 Å². The fourth-order valence-corrected chi connectivity index (χ4v) is 1.21. The molecule has 0 N–H and O–H groups in total. The van der Waals surface area contributed by atoms with Gasteiger partial charge >= 0.3 is 0 Å². The van der Waals surface area contributed by atoms with Gasteiger partial charge in [0.2, 0.25) is 0 Å². The first kappa shape index (κ1) is 11.0. The van der Waals surface area contributed by atoms with E-state index in [1.54, 1.807) is 6.08 Å². The maximum Gasteiger partial charge on any atom is 0.155 e. The van der Waals surface area contributed by atoms with Crippen LogP contribution >= 0.6 is 11.6 Å². The maximum atomic E-state index is 11.2. The van der Waals surface area contributed by atoms with E-state index < -0.39 is 0 Å². The number of allylic oxidation sites excluding steroid dienone is 1. The van der Waals surface area contributed by atoms with Gasteiger partial charge in [0.1, 0.15) is 0 Å². The summed E-state index contributed by atoms with van der Waals surface area (Å²) in [7, 11) is 0. The average Bonchev–Trinajstić information content (AvgIpc) is 2.25. The topological polar surface area (TPSA) is 17.1 Å². The van der Waals surface area contributed by atoms with E-state index in [1.165, 1.54) is 0 Å². The number of hydrogen-bond acceptors (Lipinski definition) is 1. The predicted octanol–water partition coefficient (Wildman–Crippen LogP) is 3.29. The third-order valence-electron chi connectivity index (χ3n) is 1.82. The van der Waals surface area contributed by atoms with E-state index in [4.69, 9.17) is 11.6 Å². The average molecular weight is 209 g/mol. The number of ketones is 1. The molecular weight excluding hydrogens is 196 g/mol. The molecular formula is C12H13ClO. The molecule has 0 spiro atoms. The van der Waals surface area contributed by atoms with Crippen molar-refractivity contribution in [3.05, 3.63) is 42.0 Å². The molecule has 0 bridgehead atoms. The zero-order chi connectivity index (χ0) is 10.2. The van der Waals surface area contributed by atoms with Crippen LogP contribution in [-0.2, 0) is 4.79 Å². The van der Waals surface area contributed by atoms with Crippen molar-refractivity contribution < 1.29 is 4.79 Å². The van der Waals surface area contributed by atoms with Crippen molar-refractivity contribution in [1.29, 1.82) is 0 Å². The minimum absolute atomic E-state index is 0.134. The Kier molecular flexibility index (Phi) is 5.02. The second kappa shape index (κ2) is 6.39. The van der Waals surface area contributed by atoms with Crippen LogP contribution < -0.4 is 0 Å². The van der Waals surface area contributed by atoms with Crippen molar-refractivity contribution in [2.24, 2.45) is 0 Å². The summed E-state index contributed by atoms with van der Waals surface area (Å²) in [5, 5.41) is 0. The summed E-state index contributed by atoms with van der Waals surface area (Å²) in [6, 6.07) is 9.77. The fourth-order valence-electron chi connectivity index (χ4n) is 1.08. The highest BCUT2D eigenvalue weighted by atomic mass is 35.5. The summed E-state index contributed by atoms with van der Waals surface area (Å²) in [6.45, 7) is 0. The van der Waals surface area contributed by atoms with E-state index in [2.05, 4.69) is 0 Å². The van der Waals surface area contributed by atoms with Gasteiger partial charge in [0.25, 0.3) is 0 Å². The molecule has 74 valence electrons. The van der Waals surface area contributed by atoms with Crippen LogP contribution in [0.4, 0.5) is 0 Å². The Morgan fingerprint density at radius 1 is 1.29 bits per heavy atom.